The maximum absolute atomic E-state index is 13.1. The average molecular weight is 481 g/mol. The molecule has 1 atom stereocenters. The van der Waals surface area contributed by atoms with Gasteiger partial charge in [-0.2, -0.15) is 4.31 Å². The molecule has 2 aromatic heterocycles. The summed E-state index contributed by atoms with van der Waals surface area (Å²) in [6.45, 7) is 3.12. The van der Waals surface area contributed by atoms with Crippen LogP contribution >= 0.6 is 23.2 Å². The van der Waals surface area contributed by atoms with E-state index in [-0.39, 0.29) is 27.9 Å². The Labute approximate surface area is 191 Å². The van der Waals surface area contributed by atoms with Crippen LogP contribution in [0.3, 0.4) is 0 Å². The van der Waals surface area contributed by atoms with Gasteiger partial charge in [0.1, 0.15) is 10.5 Å². The van der Waals surface area contributed by atoms with Gasteiger partial charge in [0.2, 0.25) is 10.0 Å². The van der Waals surface area contributed by atoms with Gasteiger partial charge in [-0.05, 0) is 49.1 Å². The second-order valence-electron chi connectivity index (χ2n) is 7.78. The van der Waals surface area contributed by atoms with Gasteiger partial charge in [0, 0.05) is 31.0 Å². The smallest absolute Gasteiger partial charge is 0.251 e. The third-order valence-corrected chi connectivity index (χ3v) is 7.90. The van der Waals surface area contributed by atoms with Crippen molar-refractivity contribution >= 4 is 44.8 Å². The summed E-state index contributed by atoms with van der Waals surface area (Å²) >= 11 is 12.2. The van der Waals surface area contributed by atoms with Crippen molar-refractivity contribution in [2.24, 2.45) is 5.92 Å². The van der Waals surface area contributed by atoms with Crippen molar-refractivity contribution in [3.63, 3.8) is 0 Å². The van der Waals surface area contributed by atoms with Crippen LogP contribution in [0.25, 0.3) is 5.65 Å². The van der Waals surface area contributed by atoms with E-state index in [0.29, 0.717) is 29.5 Å². The van der Waals surface area contributed by atoms with Crippen LogP contribution in [0, 0.1) is 5.92 Å². The van der Waals surface area contributed by atoms with Gasteiger partial charge in [-0.25, -0.2) is 13.4 Å². The van der Waals surface area contributed by atoms with Gasteiger partial charge in [0.05, 0.1) is 22.3 Å². The number of carbonyl (C=O) groups is 1. The van der Waals surface area contributed by atoms with Gasteiger partial charge >= 0.3 is 0 Å². The fourth-order valence-corrected chi connectivity index (χ4v) is 5.99. The van der Waals surface area contributed by atoms with E-state index in [1.165, 1.54) is 22.5 Å². The molecular weight excluding hydrogens is 459 g/mol. The number of hydrogen-bond acceptors (Lipinski definition) is 4. The van der Waals surface area contributed by atoms with Crippen LogP contribution in [0.1, 0.15) is 35.8 Å². The largest absolute Gasteiger partial charge is 0.346 e. The third-order valence-electron chi connectivity index (χ3n) is 5.33. The summed E-state index contributed by atoms with van der Waals surface area (Å²) in [7, 11) is -3.78. The number of benzene rings is 1. The standard InChI is InChI=1S/C21H22Cl2N4O3S/c1-14-3-2-8-27(11-14)31(29,30)19-9-15(4-6-18(19)23)21(28)24-10-17-13-26-12-16(22)5-7-20(26)25-17/h4-7,9,12-14H,2-3,8,10-11H2,1H3,(H,24,28). The summed E-state index contributed by atoms with van der Waals surface area (Å²) in [5, 5.41) is 3.46. The molecule has 0 aliphatic carbocycles. The van der Waals surface area contributed by atoms with Crippen molar-refractivity contribution in [3.05, 3.63) is 64.0 Å². The zero-order chi connectivity index (χ0) is 22.2. The van der Waals surface area contributed by atoms with E-state index in [9.17, 15) is 13.2 Å². The van der Waals surface area contributed by atoms with Crippen LogP contribution in [-0.4, -0.2) is 41.1 Å². The van der Waals surface area contributed by atoms with Crippen LogP contribution in [0.2, 0.25) is 10.0 Å². The maximum Gasteiger partial charge on any atom is 0.251 e. The Hall–Kier alpha value is -2.13. The number of sulfonamides is 1. The van der Waals surface area contributed by atoms with Crippen molar-refractivity contribution in [1.29, 1.82) is 0 Å². The minimum atomic E-state index is -3.78. The number of halogens is 2. The van der Waals surface area contributed by atoms with Crippen molar-refractivity contribution in [2.75, 3.05) is 13.1 Å². The second kappa shape index (κ2) is 8.78. The van der Waals surface area contributed by atoms with Gasteiger partial charge in [0.15, 0.2) is 0 Å². The molecule has 4 rings (SSSR count). The molecule has 10 heteroatoms. The molecule has 0 spiro atoms. The van der Waals surface area contributed by atoms with Gasteiger partial charge in [-0.15, -0.1) is 0 Å². The number of aromatic nitrogens is 2. The summed E-state index contributed by atoms with van der Waals surface area (Å²) in [4.78, 5) is 17.1. The predicted octanol–water partition coefficient (Wildman–Crippen LogP) is 3.99. The summed E-state index contributed by atoms with van der Waals surface area (Å²) in [5.41, 5.74) is 1.59. The first-order valence-electron chi connectivity index (χ1n) is 9.95. The first-order chi connectivity index (χ1) is 14.7. The molecule has 1 fully saturated rings. The third kappa shape index (κ3) is 4.72. The normalized spacial score (nSPS) is 17.7. The Balaban J connectivity index is 1.52. The van der Waals surface area contributed by atoms with Crippen molar-refractivity contribution in [3.8, 4) is 0 Å². The van der Waals surface area contributed by atoms with E-state index in [0.717, 1.165) is 12.8 Å². The highest BCUT2D eigenvalue weighted by molar-refractivity contribution is 7.89. The fourth-order valence-electron chi connectivity index (χ4n) is 3.72. The zero-order valence-corrected chi connectivity index (χ0v) is 19.2. The Kier molecular flexibility index (Phi) is 6.25. The first kappa shape index (κ1) is 22.1. The molecule has 31 heavy (non-hydrogen) atoms. The monoisotopic (exact) mass is 480 g/mol. The van der Waals surface area contributed by atoms with Crippen LogP contribution in [0.15, 0.2) is 47.6 Å². The molecule has 0 bridgehead atoms. The van der Waals surface area contributed by atoms with Crippen LogP contribution in [0.4, 0.5) is 0 Å². The summed E-state index contributed by atoms with van der Waals surface area (Å²) in [6, 6.07) is 7.83. The lowest BCUT2D eigenvalue weighted by molar-refractivity contribution is 0.0950. The number of amides is 1. The molecule has 1 unspecified atom stereocenters. The number of piperidine rings is 1. The lowest BCUT2D eigenvalue weighted by Crippen LogP contribution is -2.39. The Bertz CT molecular complexity index is 1240. The summed E-state index contributed by atoms with van der Waals surface area (Å²) in [5.74, 6) is -0.121. The van der Waals surface area contributed by atoms with Gasteiger partial charge < -0.3 is 9.72 Å². The lowest BCUT2D eigenvalue weighted by atomic mass is 10.0. The highest BCUT2D eigenvalue weighted by Gasteiger charge is 2.30. The lowest BCUT2D eigenvalue weighted by Gasteiger charge is -2.30. The van der Waals surface area contributed by atoms with E-state index in [1.807, 2.05) is 6.92 Å². The maximum atomic E-state index is 13.1. The molecule has 1 amide bonds. The highest BCUT2D eigenvalue weighted by atomic mass is 35.5. The van der Waals surface area contributed by atoms with E-state index in [4.69, 9.17) is 23.2 Å². The van der Waals surface area contributed by atoms with Crippen LogP contribution < -0.4 is 5.32 Å². The van der Waals surface area contributed by atoms with E-state index in [2.05, 4.69) is 10.3 Å². The van der Waals surface area contributed by atoms with Crippen molar-refractivity contribution in [2.45, 2.75) is 31.2 Å². The number of rotatable bonds is 5. The Morgan fingerprint density at radius 1 is 1.23 bits per heavy atom. The molecule has 7 nitrogen and oxygen atoms in total. The predicted molar refractivity (Wildman–Crippen MR) is 120 cm³/mol. The number of nitrogens with one attached hydrogen (secondary N) is 1. The topological polar surface area (TPSA) is 83.8 Å². The number of imidazole rings is 1. The number of pyridine rings is 1. The van der Waals surface area contributed by atoms with Crippen LogP contribution in [0.5, 0.6) is 0 Å². The minimum absolute atomic E-state index is 0.0433. The Morgan fingerprint density at radius 2 is 2.03 bits per heavy atom. The van der Waals surface area contributed by atoms with Gasteiger partial charge in [-0.1, -0.05) is 30.1 Å². The quantitative estimate of drug-likeness (QED) is 0.598. The Morgan fingerprint density at radius 3 is 2.81 bits per heavy atom. The molecule has 1 saturated heterocycles. The molecular formula is C21H22Cl2N4O3S. The molecule has 1 N–H and O–H groups in total. The molecule has 1 aliphatic heterocycles. The SMILES string of the molecule is CC1CCCN(S(=O)(=O)c2cc(C(=O)NCc3cn4cc(Cl)ccc4n3)ccc2Cl)C1. The van der Waals surface area contributed by atoms with Crippen molar-refractivity contribution < 1.29 is 13.2 Å². The molecule has 0 radical (unpaired) electrons. The van der Waals surface area contributed by atoms with Crippen LogP contribution in [-0.2, 0) is 16.6 Å². The number of nitrogens with zero attached hydrogens (tertiary/aromatic N) is 3. The number of carbonyl (C=O) groups excluding carboxylic acids is 1. The van der Waals surface area contributed by atoms with Gasteiger partial charge in [0.25, 0.3) is 5.91 Å². The molecule has 1 aromatic carbocycles. The highest BCUT2D eigenvalue weighted by Crippen LogP contribution is 2.29. The van der Waals surface area contributed by atoms with Gasteiger partial charge in [-0.3, -0.25) is 4.79 Å². The molecule has 1 aliphatic rings. The first-order valence-corrected chi connectivity index (χ1v) is 12.1. The second-order valence-corrected chi connectivity index (χ2v) is 10.5. The molecule has 3 heterocycles. The van der Waals surface area contributed by atoms with E-state index >= 15 is 0 Å². The number of hydrogen-bond donors (Lipinski definition) is 1. The van der Waals surface area contributed by atoms with Crippen molar-refractivity contribution in [1.82, 2.24) is 19.0 Å². The van der Waals surface area contributed by atoms with E-state index < -0.39 is 15.9 Å². The number of fused-ring (bicyclic) bond motifs is 1. The average Bonchev–Trinajstić information content (AvgIpc) is 3.14. The van der Waals surface area contributed by atoms with E-state index in [1.54, 1.807) is 28.9 Å². The molecule has 0 saturated carbocycles. The zero-order valence-electron chi connectivity index (χ0n) is 16.9. The summed E-state index contributed by atoms with van der Waals surface area (Å²) < 4.78 is 29.5. The molecule has 164 valence electrons. The molecule has 3 aromatic rings. The summed E-state index contributed by atoms with van der Waals surface area (Å²) in [6.07, 6.45) is 5.31. The fraction of sp³-hybridized carbons (Fsp3) is 0.333. The minimum Gasteiger partial charge on any atom is -0.346 e.